The Morgan fingerprint density at radius 2 is 1.44 bits per heavy atom. The molecule has 4 heterocycles. The van der Waals surface area contributed by atoms with Gasteiger partial charge < -0.3 is 19.2 Å². The number of rotatable bonds is 13. The van der Waals surface area contributed by atoms with E-state index >= 15 is 0 Å². The fourth-order valence-electron chi connectivity index (χ4n) is 8.43. The fraction of sp³-hybridized carbons (Fsp3) is 0.571. The van der Waals surface area contributed by atoms with Gasteiger partial charge in [0.05, 0.1) is 36.4 Å². The molecule has 4 aliphatic rings. The van der Waals surface area contributed by atoms with Gasteiger partial charge in [-0.3, -0.25) is 4.90 Å². The van der Waals surface area contributed by atoms with Crippen molar-refractivity contribution in [3.8, 4) is 5.75 Å². The van der Waals surface area contributed by atoms with Crippen molar-refractivity contribution in [2.45, 2.75) is 96.3 Å². The molecule has 50 heavy (non-hydrogen) atoms. The van der Waals surface area contributed by atoms with Crippen LogP contribution in [0.5, 0.6) is 5.75 Å². The van der Waals surface area contributed by atoms with Crippen LogP contribution in [0.1, 0.15) is 94.4 Å². The van der Waals surface area contributed by atoms with Gasteiger partial charge in [-0.2, -0.15) is 0 Å². The summed E-state index contributed by atoms with van der Waals surface area (Å²) in [5.74, 6) is 0.264. The molecule has 3 saturated heterocycles. The zero-order valence-corrected chi connectivity index (χ0v) is 32.4. The highest BCUT2D eigenvalue weighted by Crippen LogP contribution is 2.50. The Balaban J connectivity index is 0.00000239. The molecule has 0 saturated carbocycles. The van der Waals surface area contributed by atoms with E-state index in [0.717, 1.165) is 54.8 Å². The second-order valence-corrected chi connectivity index (χ2v) is 17.0. The third-order valence-corrected chi connectivity index (χ3v) is 13.5. The van der Waals surface area contributed by atoms with Crippen LogP contribution < -0.4 is 9.64 Å². The molecular formula is C42H62N3O4S+. The summed E-state index contributed by atoms with van der Waals surface area (Å²) < 4.78 is 35.7. The maximum atomic E-state index is 14.1. The zero-order chi connectivity index (χ0) is 35.9. The Hall–Kier alpha value is -2.91. The number of fused-ring (bicyclic) bond motifs is 4. The number of unbranched alkanes of at least 4 members (excludes halogenated alkanes) is 2. The number of anilines is 1. The van der Waals surface area contributed by atoms with Crippen molar-refractivity contribution in [3.05, 3.63) is 89.0 Å². The Labute approximate surface area is 302 Å². The number of aliphatic hydroxyl groups excluding tert-OH is 1. The van der Waals surface area contributed by atoms with Crippen molar-refractivity contribution >= 4 is 15.5 Å². The van der Waals surface area contributed by atoms with Gasteiger partial charge in [0.25, 0.3) is 0 Å². The Kier molecular flexibility index (Phi) is 12.7. The first-order valence-corrected chi connectivity index (χ1v) is 20.8. The monoisotopic (exact) mass is 704 g/mol. The zero-order valence-electron chi connectivity index (χ0n) is 31.5. The first-order chi connectivity index (χ1) is 24.1. The summed E-state index contributed by atoms with van der Waals surface area (Å²) in [4.78, 5) is 4.93. The lowest BCUT2D eigenvalue weighted by atomic mass is 9.68. The van der Waals surface area contributed by atoms with Gasteiger partial charge in [0.1, 0.15) is 18.9 Å². The number of quaternary nitrogens is 1. The van der Waals surface area contributed by atoms with E-state index < -0.39 is 27.3 Å². The molecule has 2 atom stereocenters. The number of benzene rings is 3. The summed E-state index contributed by atoms with van der Waals surface area (Å²) in [5, 5.41) is 12.4. The van der Waals surface area contributed by atoms with Crippen molar-refractivity contribution in [2.24, 2.45) is 5.41 Å². The molecular weight excluding hydrogens is 643 g/mol. The Bertz CT molecular complexity index is 1610. The van der Waals surface area contributed by atoms with Crippen LogP contribution in [-0.2, 0) is 23.0 Å². The minimum absolute atomic E-state index is 0.0232. The standard InChI is InChI=1S/C40H56N3O4S.C2H6/c1-5-7-19-40(20-8-6-2)30-48(45,46)37-18-15-34(41(3)4)27-36(37)38(39(40)44)33-13-16-35(17-14-33)47-29-32-11-9-31(10-12-32)28-43-24-21-42(22-25-43)23-26-43;1-2/h9-18,27,38-39,44H,5-8,19-26,28-30H2,1-4H3;1-2H3/q+1;/t38-,39-;/m1./s1. The van der Waals surface area contributed by atoms with E-state index in [9.17, 15) is 13.5 Å². The molecule has 0 amide bonds. The quantitative estimate of drug-likeness (QED) is 0.185. The van der Waals surface area contributed by atoms with E-state index in [1.165, 1.54) is 49.3 Å². The van der Waals surface area contributed by atoms with Gasteiger partial charge in [0.2, 0.25) is 0 Å². The molecule has 1 N–H and O–H groups in total. The fourth-order valence-corrected chi connectivity index (χ4v) is 10.6. The second-order valence-electron chi connectivity index (χ2n) is 15.1. The maximum absolute atomic E-state index is 14.1. The second kappa shape index (κ2) is 16.6. The molecule has 0 spiro atoms. The number of hydrogen-bond donors (Lipinski definition) is 1. The van der Waals surface area contributed by atoms with Crippen molar-refractivity contribution in [1.29, 1.82) is 0 Å². The van der Waals surface area contributed by atoms with Gasteiger partial charge in [-0.25, -0.2) is 8.42 Å². The van der Waals surface area contributed by atoms with Crippen LogP contribution >= 0.6 is 0 Å². The molecule has 3 aromatic rings. The summed E-state index contributed by atoms with van der Waals surface area (Å²) in [6.07, 6.45) is 4.21. The van der Waals surface area contributed by atoms with Crippen LogP contribution in [0.3, 0.4) is 0 Å². The number of aliphatic hydroxyl groups is 1. The molecule has 274 valence electrons. The molecule has 7 nitrogen and oxygen atoms in total. The highest BCUT2D eigenvalue weighted by molar-refractivity contribution is 7.91. The SMILES string of the molecule is CC.CCCCC1(CCCC)CS(=O)(=O)c2ccc(N(C)C)cc2[C@@H](c2ccc(OCc3ccc(C[N+]45CCN(CC4)CC5)cc3)cc2)[C@H]1O. The molecule has 8 heteroatoms. The molecule has 0 aromatic heterocycles. The van der Waals surface area contributed by atoms with Crippen molar-refractivity contribution in [2.75, 3.05) is 64.0 Å². The lowest BCUT2D eigenvalue weighted by molar-refractivity contribution is -0.953. The van der Waals surface area contributed by atoms with Crippen LogP contribution in [-0.4, -0.2) is 88.1 Å². The highest BCUT2D eigenvalue weighted by Gasteiger charge is 2.49. The minimum atomic E-state index is -3.63. The summed E-state index contributed by atoms with van der Waals surface area (Å²) >= 11 is 0. The Morgan fingerprint density at radius 3 is 2.00 bits per heavy atom. The molecule has 4 aliphatic heterocycles. The Morgan fingerprint density at radius 1 is 0.860 bits per heavy atom. The lowest BCUT2D eigenvalue weighted by Crippen LogP contribution is -2.66. The van der Waals surface area contributed by atoms with E-state index in [-0.39, 0.29) is 5.75 Å². The van der Waals surface area contributed by atoms with Gasteiger partial charge in [0, 0.05) is 56.3 Å². The summed E-state index contributed by atoms with van der Waals surface area (Å²) in [7, 11) is 0.290. The topological polar surface area (TPSA) is 70.1 Å². The van der Waals surface area contributed by atoms with E-state index in [1.807, 2.05) is 69.2 Å². The largest absolute Gasteiger partial charge is 0.489 e. The van der Waals surface area contributed by atoms with E-state index in [1.54, 1.807) is 6.07 Å². The molecule has 0 radical (unpaired) electrons. The minimum Gasteiger partial charge on any atom is -0.489 e. The number of hydrogen-bond acceptors (Lipinski definition) is 6. The van der Waals surface area contributed by atoms with Crippen LogP contribution in [0.25, 0.3) is 0 Å². The molecule has 3 fully saturated rings. The average molecular weight is 705 g/mol. The number of ether oxygens (including phenoxy) is 1. The van der Waals surface area contributed by atoms with Gasteiger partial charge in [-0.15, -0.1) is 0 Å². The predicted octanol–water partition coefficient (Wildman–Crippen LogP) is 7.65. The van der Waals surface area contributed by atoms with Crippen LogP contribution in [0, 0.1) is 5.41 Å². The summed E-state index contributed by atoms with van der Waals surface area (Å²) in [6, 6.07) is 22.5. The molecule has 0 unspecified atom stereocenters. The smallest absolute Gasteiger partial charge is 0.179 e. The molecule has 0 aliphatic carbocycles. The van der Waals surface area contributed by atoms with Gasteiger partial charge in [0.15, 0.2) is 9.84 Å². The summed E-state index contributed by atoms with van der Waals surface area (Å²) in [6.45, 7) is 17.3. The maximum Gasteiger partial charge on any atom is 0.179 e. The third-order valence-electron chi connectivity index (χ3n) is 11.5. The average Bonchev–Trinajstić information content (AvgIpc) is 3.21. The van der Waals surface area contributed by atoms with Crippen molar-refractivity contribution in [3.63, 3.8) is 0 Å². The van der Waals surface area contributed by atoms with Crippen LogP contribution in [0.2, 0.25) is 0 Å². The van der Waals surface area contributed by atoms with Crippen molar-refractivity contribution < 1.29 is 22.7 Å². The van der Waals surface area contributed by atoms with E-state index in [0.29, 0.717) is 29.9 Å². The summed E-state index contributed by atoms with van der Waals surface area (Å²) in [5.41, 5.74) is 4.34. The van der Waals surface area contributed by atoms with Gasteiger partial charge in [-0.05, 0) is 59.9 Å². The molecule has 2 bridgehead atoms. The number of sulfone groups is 1. The number of piperazine rings is 3. The van der Waals surface area contributed by atoms with Crippen molar-refractivity contribution in [1.82, 2.24) is 4.90 Å². The molecule has 7 rings (SSSR count). The van der Waals surface area contributed by atoms with E-state index in [2.05, 4.69) is 43.0 Å². The first kappa shape index (κ1) is 38.3. The van der Waals surface area contributed by atoms with Gasteiger partial charge >= 0.3 is 0 Å². The number of nitrogens with zero attached hydrogens (tertiary/aromatic N) is 3. The van der Waals surface area contributed by atoms with Crippen LogP contribution in [0.4, 0.5) is 5.69 Å². The predicted molar refractivity (Wildman–Crippen MR) is 206 cm³/mol. The van der Waals surface area contributed by atoms with Crippen LogP contribution in [0.15, 0.2) is 71.6 Å². The lowest BCUT2D eigenvalue weighted by Gasteiger charge is -2.50. The molecule has 3 aromatic carbocycles. The first-order valence-electron chi connectivity index (χ1n) is 19.2. The van der Waals surface area contributed by atoms with Gasteiger partial charge in [-0.1, -0.05) is 89.8 Å². The third kappa shape index (κ3) is 8.41. The highest BCUT2D eigenvalue weighted by atomic mass is 32.2. The van der Waals surface area contributed by atoms with E-state index in [4.69, 9.17) is 4.74 Å². The normalized spacial score (nSPS) is 24.7.